The van der Waals surface area contributed by atoms with Crippen LogP contribution in [0.1, 0.15) is 0 Å². The van der Waals surface area contributed by atoms with Crippen molar-refractivity contribution in [2.45, 2.75) is 0 Å². The van der Waals surface area contributed by atoms with Crippen molar-refractivity contribution in [1.29, 1.82) is 0 Å². The highest BCUT2D eigenvalue weighted by Crippen LogP contribution is 2.21. The summed E-state index contributed by atoms with van der Waals surface area (Å²) in [6, 6.07) is 9.89. The van der Waals surface area contributed by atoms with Gasteiger partial charge >= 0.3 is 0 Å². The molecule has 0 bridgehead atoms. The van der Waals surface area contributed by atoms with E-state index < -0.39 is 11.8 Å². The standard InChI is InChI=1S/C11H7F2N/c12-9-6-10(11(13)14-7-9)8-4-2-1-3-5-8/h1-7H. The molecule has 1 nitrogen and oxygen atoms in total. The second kappa shape index (κ2) is 3.54. The summed E-state index contributed by atoms with van der Waals surface area (Å²) in [5.41, 5.74) is 0.808. The first-order chi connectivity index (χ1) is 6.77. The number of pyridine rings is 1. The molecule has 0 radical (unpaired) electrons. The van der Waals surface area contributed by atoms with Crippen LogP contribution >= 0.6 is 0 Å². The van der Waals surface area contributed by atoms with E-state index in [1.165, 1.54) is 0 Å². The lowest BCUT2D eigenvalue weighted by molar-refractivity contribution is 0.563. The van der Waals surface area contributed by atoms with Gasteiger partial charge in [0.1, 0.15) is 5.82 Å². The van der Waals surface area contributed by atoms with E-state index in [1.54, 1.807) is 24.3 Å². The molecule has 3 heteroatoms. The van der Waals surface area contributed by atoms with Gasteiger partial charge in [-0.25, -0.2) is 9.37 Å². The maximum absolute atomic E-state index is 13.2. The summed E-state index contributed by atoms with van der Waals surface area (Å²) in [6.07, 6.45) is 0.863. The highest BCUT2D eigenvalue weighted by atomic mass is 19.1. The molecule has 2 aromatic rings. The van der Waals surface area contributed by atoms with Crippen molar-refractivity contribution in [2.24, 2.45) is 0 Å². The molecule has 0 fully saturated rings. The maximum Gasteiger partial charge on any atom is 0.220 e. The molecule has 0 saturated carbocycles. The third-order valence-corrected chi connectivity index (χ3v) is 1.89. The fourth-order valence-corrected chi connectivity index (χ4v) is 1.24. The molecule has 0 aliphatic rings. The molecule has 0 N–H and O–H groups in total. The van der Waals surface area contributed by atoms with E-state index in [2.05, 4.69) is 4.98 Å². The van der Waals surface area contributed by atoms with Gasteiger partial charge in [-0.15, -0.1) is 0 Å². The zero-order chi connectivity index (χ0) is 9.97. The molecule has 2 rings (SSSR count). The summed E-state index contributed by atoms with van der Waals surface area (Å²) in [7, 11) is 0. The fourth-order valence-electron chi connectivity index (χ4n) is 1.24. The largest absolute Gasteiger partial charge is 0.225 e. The Labute approximate surface area is 80.0 Å². The van der Waals surface area contributed by atoms with Crippen molar-refractivity contribution in [2.75, 3.05) is 0 Å². The Bertz CT molecular complexity index is 440. The topological polar surface area (TPSA) is 12.9 Å². The molecule has 0 atom stereocenters. The smallest absolute Gasteiger partial charge is 0.220 e. The first kappa shape index (κ1) is 8.81. The van der Waals surface area contributed by atoms with Crippen LogP contribution in [0.5, 0.6) is 0 Å². The van der Waals surface area contributed by atoms with Gasteiger partial charge in [-0.3, -0.25) is 0 Å². The predicted octanol–water partition coefficient (Wildman–Crippen LogP) is 3.03. The Morgan fingerprint density at radius 3 is 2.43 bits per heavy atom. The summed E-state index contributed by atoms with van der Waals surface area (Å²) in [6.45, 7) is 0. The summed E-state index contributed by atoms with van der Waals surface area (Å²) in [4.78, 5) is 3.31. The molecule has 0 aliphatic carbocycles. The van der Waals surface area contributed by atoms with Gasteiger partial charge in [0.2, 0.25) is 5.95 Å². The highest BCUT2D eigenvalue weighted by molar-refractivity contribution is 5.62. The average molecular weight is 191 g/mol. The number of benzene rings is 1. The van der Waals surface area contributed by atoms with Crippen LogP contribution in [-0.2, 0) is 0 Å². The van der Waals surface area contributed by atoms with Gasteiger partial charge in [0.15, 0.2) is 0 Å². The van der Waals surface area contributed by atoms with Crippen LogP contribution in [0.15, 0.2) is 42.6 Å². The molecule has 0 amide bonds. The van der Waals surface area contributed by atoms with Crippen molar-refractivity contribution in [3.63, 3.8) is 0 Å². The SMILES string of the molecule is Fc1cnc(F)c(-c2ccccc2)c1. The lowest BCUT2D eigenvalue weighted by atomic mass is 10.1. The molecular weight excluding hydrogens is 184 g/mol. The van der Waals surface area contributed by atoms with Crippen LogP contribution in [0.2, 0.25) is 0 Å². The van der Waals surface area contributed by atoms with Crippen molar-refractivity contribution < 1.29 is 8.78 Å². The van der Waals surface area contributed by atoms with Crippen LogP contribution in [0.25, 0.3) is 11.1 Å². The van der Waals surface area contributed by atoms with E-state index in [1.807, 2.05) is 6.07 Å². The molecule has 0 unspecified atom stereocenters. The second-order valence-electron chi connectivity index (χ2n) is 2.86. The highest BCUT2D eigenvalue weighted by Gasteiger charge is 2.06. The summed E-state index contributed by atoms with van der Waals surface area (Å²) in [5.74, 6) is -1.19. The zero-order valence-electron chi connectivity index (χ0n) is 7.24. The summed E-state index contributed by atoms with van der Waals surface area (Å²) in [5, 5.41) is 0. The van der Waals surface area contributed by atoms with Crippen LogP contribution in [0.3, 0.4) is 0 Å². The number of halogens is 2. The monoisotopic (exact) mass is 191 g/mol. The number of rotatable bonds is 1. The molecule has 14 heavy (non-hydrogen) atoms. The van der Waals surface area contributed by atoms with Gasteiger partial charge < -0.3 is 0 Å². The number of aromatic nitrogens is 1. The number of hydrogen-bond acceptors (Lipinski definition) is 1. The van der Waals surface area contributed by atoms with Gasteiger partial charge in [0.25, 0.3) is 0 Å². The lowest BCUT2D eigenvalue weighted by Crippen LogP contribution is -1.90. The van der Waals surface area contributed by atoms with E-state index in [9.17, 15) is 8.78 Å². The minimum Gasteiger partial charge on any atom is -0.225 e. The second-order valence-corrected chi connectivity index (χ2v) is 2.86. The molecule has 1 aromatic heterocycles. The van der Waals surface area contributed by atoms with Crippen LogP contribution in [-0.4, -0.2) is 4.98 Å². The zero-order valence-corrected chi connectivity index (χ0v) is 7.24. The Hall–Kier alpha value is -1.77. The van der Waals surface area contributed by atoms with E-state index in [-0.39, 0.29) is 5.56 Å². The predicted molar refractivity (Wildman–Crippen MR) is 49.6 cm³/mol. The van der Waals surface area contributed by atoms with Crippen molar-refractivity contribution >= 4 is 0 Å². The van der Waals surface area contributed by atoms with E-state index in [4.69, 9.17) is 0 Å². The Morgan fingerprint density at radius 2 is 1.71 bits per heavy atom. The molecule has 0 saturated heterocycles. The first-order valence-corrected chi connectivity index (χ1v) is 4.14. The minimum atomic E-state index is -0.655. The molecule has 1 heterocycles. The molecule has 70 valence electrons. The maximum atomic E-state index is 13.2. The van der Waals surface area contributed by atoms with Crippen molar-refractivity contribution in [3.8, 4) is 11.1 Å². The molecule has 0 spiro atoms. The quantitative estimate of drug-likeness (QED) is 0.631. The van der Waals surface area contributed by atoms with Gasteiger partial charge in [0, 0.05) is 5.56 Å². The average Bonchev–Trinajstić information content (AvgIpc) is 2.23. The summed E-state index contributed by atoms with van der Waals surface area (Å²) >= 11 is 0. The fraction of sp³-hybridized carbons (Fsp3) is 0. The summed E-state index contributed by atoms with van der Waals surface area (Å²) < 4.78 is 26.0. The van der Waals surface area contributed by atoms with Crippen LogP contribution in [0.4, 0.5) is 8.78 Å². The Kier molecular flexibility index (Phi) is 2.23. The van der Waals surface area contributed by atoms with Crippen molar-refractivity contribution in [1.82, 2.24) is 4.98 Å². The van der Waals surface area contributed by atoms with Gasteiger partial charge in [-0.05, 0) is 11.6 Å². The van der Waals surface area contributed by atoms with Gasteiger partial charge in [-0.1, -0.05) is 30.3 Å². The molecule has 0 aliphatic heterocycles. The first-order valence-electron chi connectivity index (χ1n) is 4.14. The van der Waals surface area contributed by atoms with Crippen molar-refractivity contribution in [3.05, 3.63) is 54.4 Å². The van der Waals surface area contributed by atoms with Crippen LogP contribution in [0, 0.1) is 11.8 Å². The van der Waals surface area contributed by atoms with Crippen LogP contribution < -0.4 is 0 Å². The molecule has 1 aromatic carbocycles. The minimum absolute atomic E-state index is 0.186. The van der Waals surface area contributed by atoms with E-state index in [0.717, 1.165) is 12.3 Å². The third-order valence-electron chi connectivity index (χ3n) is 1.89. The Balaban J connectivity index is 2.57. The number of nitrogens with zero attached hydrogens (tertiary/aromatic N) is 1. The van der Waals surface area contributed by atoms with Gasteiger partial charge in [-0.2, -0.15) is 4.39 Å². The normalized spacial score (nSPS) is 10.1. The van der Waals surface area contributed by atoms with E-state index in [0.29, 0.717) is 5.56 Å². The van der Waals surface area contributed by atoms with E-state index >= 15 is 0 Å². The Morgan fingerprint density at radius 1 is 1.00 bits per heavy atom. The molecular formula is C11H7F2N. The number of hydrogen-bond donors (Lipinski definition) is 0. The van der Waals surface area contributed by atoms with Gasteiger partial charge in [0.05, 0.1) is 6.20 Å². The third kappa shape index (κ3) is 1.62. The lowest BCUT2D eigenvalue weighted by Gasteiger charge is -2.01.